The van der Waals surface area contributed by atoms with Gasteiger partial charge in [0, 0.05) is 6.20 Å². The fourth-order valence-corrected chi connectivity index (χ4v) is 2.96. The predicted octanol–water partition coefficient (Wildman–Crippen LogP) is 3.33. The van der Waals surface area contributed by atoms with E-state index >= 15 is 0 Å². The van der Waals surface area contributed by atoms with Crippen LogP contribution in [0, 0.1) is 0 Å². The molecule has 4 N–H and O–H groups in total. The van der Waals surface area contributed by atoms with Crippen molar-refractivity contribution >= 4 is 57.9 Å². The van der Waals surface area contributed by atoms with E-state index in [9.17, 15) is 0 Å². The average Bonchev–Trinajstić information content (AvgIpc) is 2.46. The van der Waals surface area contributed by atoms with Crippen molar-refractivity contribution in [2.24, 2.45) is 0 Å². The third-order valence-corrected chi connectivity index (χ3v) is 4.44. The highest BCUT2D eigenvalue weighted by Gasteiger charge is 2.18. The summed E-state index contributed by atoms with van der Waals surface area (Å²) in [7, 11) is 0. The van der Waals surface area contributed by atoms with E-state index in [0.717, 1.165) is 0 Å². The summed E-state index contributed by atoms with van der Waals surface area (Å²) in [5, 5.41) is 0.649. The molecule has 0 radical (unpaired) electrons. The zero-order chi connectivity index (χ0) is 11.9. The summed E-state index contributed by atoms with van der Waals surface area (Å²) in [5.41, 5.74) is 11.7. The second-order valence-electron chi connectivity index (χ2n) is 2.86. The van der Waals surface area contributed by atoms with Gasteiger partial charge in [0.05, 0.1) is 20.5 Å². The normalized spacial score (nSPS) is 10.7. The molecule has 4 nitrogen and oxygen atoms in total. The van der Waals surface area contributed by atoms with Crippen molar-refractivity contribution in [1.82, 2.24) is 9.97 Å². The van der Waals surface area contributed by atoms with Crippen LogP contribution in [-0.4, -0.2) is 9.97 Å². The molecule has 0 fully saturated rings. The van der Waals surface area contributed by atoms with Crippen LogP contribution in [0.25, 0.3) is 10.4 Å². The molecule has 0 bridgehead atoms. The Bertz CT molecular complexity index is 554. The van der Waals surface area contributed by atoms with Crippen LogP contribution in [0.15, 0.2) is 6.20 Å². The van der Waals surface area contributed by atoms with Gasteiger partial charge in [-0.2, -0.15) is 4.98 Å². The van der Waals surface area contributed by atoms with E-state index in [1.165, 1.54) is 17.5 Å². The van der Waals surface area contributed by atoms with Crippen LogP contribution < -0.4 is 11.5 Å². The summed E-state index contributed by atoms with van der Waals surface area (Å²) in [6, 6.07) is 0. The Kier molecular flexibility index (Phi) is 3.12. The van der Waals surface area contributed by atoms with Crippen LogP contribution in [0.4, 0.5) is 11.8 Å². The first-order valence-electron chi connectivity index (χ1n) is 4.02. The maximum absolute atomic E-state index is 6.01. The Hall–Kier alpha value is -0.750. The van der Waals surface area contributed by atoms with Gasteiger partial charge >= 0.3 is 0 Å². The van der Waals surface area contributed by atoms with E-state index in [1.807, 2.05) is 0 Å². The zero-order valence-electron chi connectivity index (χ0n) is 7.67. The molecule has 0 amide bonds. The van der Waals surface area contributed by atoms with E-state index < -0.39 is 0 Å². The minimum Gasteiger partial charge on any atom is -0.383 e. The minimum absolute atomic E-state index is 0.103. The largest absolute Gasteiger partial charge is 0.383 e. The monoisotopic (exact) mass is 294 g/mol. The van der Waals surface area contributed by atoms with Gasteiger partial charge < -0.3 is 11.5 Å². The van der Waals surface area contributed by atoms with Gasteiger partial charge in [-0.1, -0.05) is 34.8 Å². The van der Waals surface area contributed by atoms with Crippen molar-refractivity contribution in [3.8, 4) is 10.4 Å². The number of hydrogen-bond donors (Lipinski definition) is 2. The van der Waals surface area contributed by atoms with E-state index in [2.05, 4.69) is 9.97 Å². The summed E-state index contributed by atoms with van der Waals surface area (Å²) in [5.74, 6) is 0.343. The molecule has 0 aliphatic carbocycles. The highest BCUT2D eigenvalue weighted by Crippen LogP contribution is 2.46. The molecule has 0 aliphatic rings. The predicted molar refractivity (Wildman–Crippen MR) is 69.2 cm³/mol. The summed E-state index contributed by atoms with van der Waals surface area (Å²) in [6.07, 6.45) is 1.49. The lowest BCUT2D eigenvalue weighted by atomic mass is 10.2. The van der Waals surface area contributed by atoms with Gasteiger partial charge in [0.15, 0.2) is 0 Å². The number of nitrogens with zero attached hydrogens (tertiary/aromatic N) is 2. The molecule has 2 aromatic rings. The van der Waals surface area contributed by atoms with E-state index in [1.54, 1.807) is 0 Å². The number of rotatable bonds is 1. The van der Waals surface area contributed by atoms with E-state index in [0.29, 0.717) is 24.8 Å². The number of anilines is 2. The first kappa shape index (κ1) is 11.7. The first-order chi connectivity index (χ1) is 7.50. The topological polar surface area (TPSA) is 77.8 Å². The van der Waals surface area contributed by atoms with E-state index in [-0.39, 0.29) is 11.8 Å². The van der Waals surface area contributed by atoms with Gasteiger partial charge in [0.1, 0.15) is 10.2 Å². The lowest BCUT2D eigenvalue weighted by Gasteiger charge is -2.02. The molecular weight excluding hydrogens is 291 g/mol. The molecule has 0 unspecified atom stereocenters. The maximum atomic E-state index is 6.01. The first-order valence-corrected chi connectivity index (χ1v) is 5.97. The summed E-state index contributed by atoms with van der Waals surface area (Å²) in [6.45, 7) is 0. The lowest BCUT2D eigenvalue weighted by molar-refractivity contribution is 1.20. The fraction of sp³-hybridized carbons (Fsp3) is 0. The second kappa shape index (κ2) is 4.25. The number of hydrogen-bond acceptors (Lipinski definition) is 5. The molecule has 0 spiro atoms. The zero-order valence-corrected chi connectivity index (χ0v) is 10.8. The van der Waals surface area contributed by atoms with Gasteiger partial charge in [-0.25, -0.2) is 4.98 Å². The Morgan fingerprint density at radius 1 is 1.12 bits per heavy atom. The number of aromatic nitrogens is 2. The van der Waals surface area contributed by atoms with Crippen molar-refractivity contribution in [2.75, 3.05) is 11.5 Å². The maximum Gasteiger partial charge on any atom is 0.221 e. The summed E-state index contributed by atoms with van der Waals surface area (Å²) in [4.78, 5) is 8.31. The number of halogens is 3. The molecule has 0 aromatic carbocycles. The number of nitrogen functional groups attached to an aromatic ring is 2. The third-order valence-electron chi connectivity index (χ3n) is 1.84. The molecule has 2 aromatic heterocycles. The van der Waals surface area contributed by atoms with Crippen LogP contribution in [0.5, 0.6) is 0 Å². The molecule has 16 heavy (non-hydrogen) atoms. The van der Waals surface area contributed by atoms with Crippen molar-refractivity contribution in [3.63, 3.8) is 0 Å². The van der Waals surface area contributed by atoms with Gasteiger partial charge in [0.2, 0.25) is 5.95 Å². The van der Waals surface area contributed by atoms with Crippen molar-refractivity contribution < 1.29 is 0 Å². The molecule has 2 heterocycles. The Balaban J connectivity index is 2.63. The standard InChI is InChI=1S/C8H5Cl3N4S/c9-3-4(10)6(11)16-5(3)2-1-14-8(13)15-7(2)12/h1H,(H4,12,13,14,15). The minimum atomic E-state index is 0.103. The average molecular weight is 296 g/mol. The quantitative estimate of drug-likeness (QED) is 0.846. The number of nitrogens with two attached hydrogens (primary N) is 2. The molecular formula is C8H5Cl3N4S. The van der Waals surface area contributed by atoms with Crippen molar-refractivity contribution in [2.45, 2.75) is 0 Å². The smallest absolute Gasteiger partial charge is 0.221 e. The highest BCUT2D eigenvalue weighted by atomic mass is 35.5. The molecule has 0 atom stereocenters. The lowest BCUT2D eigenvalue weighted by Crippen LogP contribution is -2.00. The van der Waals surface area contributed by atoms with Crippen LogP contribution in [-0.2, 0) is 0 Å². The van der Waals surface area contributed by atoms with Crippen LogP contribution in [0.2, 0.25) is 14.4 Å². The molecule has 84 valence electrons. The summed E-state index contributed by atoms with van der Waals surface area (Å²) >= 11 is 19.0. The number of thiophene rings is 1. The molecule has 0 aliphatic heterocycles. The van der Waals surface area contributed by atoms with Crippen LogP contribution >= 0.6 is 46.1 Å². The van der Waals surface area contributed by atoms with Crippen molar-refractivity contribution in [3.05, 3.63) is 20.6 Å². The Labute approximate surface area is 110 Å². The van der Waals surface area contributed by atoms with Gasteiger partial charge in [0.25, 0.3) is 0 Å². The molecule has 2 rings (SSSR count). The fourth-order valence-electron chi connectivity index (χ4n) is 1.12. The van der Waals surface area contributed by atoms with Crippen LogP contribution in [0.1, 0.15) is 0 Å². The van der Waals surface area contributed by atoms with Crippen molar-refractivity contribution in [1.29, 1.82) is 0 Å². The van der Waals surface area contributed by atoms with Gasteiger partial charge in [-0.05, 0) is 0 Å². The molecule has 0 saturated carbocycles. The SMILES string of the molecule is Nc1ncc(-c2sc(Cl)c(Cl)c2Cl)c(N)n1. The second-order valence-corrected chi connectivity index (χ2v) is 5.24. The highest BCUT2D eigenvalue weighted by molar-refractivity contribution is 7.21. The molecule has 8 heteroatoms. The van der Waals surface area contributed by atoms with Gasteiger partial charge in [-0.3, -0.25) is 0 Å². The Morgan fingerprint density at radius 2 is 1.81 bits per heavy atom. The van der Waals surface area contributed by atoms with Crippen LogP contribution in [0.3, 0.4) is 0 Å². The molecule has 0 saturated heterocycles. The third kappa shape index (κ3) is 1.91. The Morgan fingerprint density at radius 3 is 2.31 bits per heavy atom. The van der Waals surface area contributed by atoms with E-state index in [4.69, 9.17) is 46.3 Å². The summed E-state index contributed by atoms with van der Waals surface area (Å²) < 4.78 is 0.401. The van der Waals surface area contributed by atoms with Gasteiger partial charge in [-0.15, -0.1) is 11.3 Å².